The first-order valence-corrected chi connectivity index (χ1v) is 6.23. The van der Waals surface area contributed by atoms with E-state index in [1.165, 1.54) is 0 Å². The van der Waals surface area contributed by atoms with E-state index in [-0.39, 0.29) is 5.69 Å². The van der Waals surface area contributed by atoms with Crippen molar-refractivity contribution < 1.29 is 9.90 Å². The molecule has 4 heteroatoms. The van der Waals surface area contributed by atoms with Crippen molar-refractivity contribution >= 4 is 5.97 Å². The topological polar surface area (TPSA) is 63.1 Å². The number of nitrogens with zero attached hydrogens (tertiary/aromatic N) is 2. The highest BCUT2D eigenvalue weighted by Gasteiger charge is 2.14. The van der Waals surface area contributed by atoms with Crippen molar-refractivity contribution in [2.75, 3.05) is 0 Å². The lowest BCUT2D eigenvalue weighted by Gasteiger charge is -2.07. The minimum Gasteiger partial charge on any atom is -0.477 e. The van der Waals surface area contributed by atoms with Gasteiger partial charge in [0.05, 0.1) is 0 Å². The number of hydrogen-bond acceptors (Lipinski definition) is 3. The molecule has 0 radical (unpaired) electrons. The van der Waals surface area contributed by atoms with Gasteiger partial charge in [0, 0.05) is 16.8 Å². The number of hydrogen-bond donors (Lipinski definition) is 1. The summed E-state index contributed by atoms with van der Waals surface area (Å²) in [7, 11) is 0. The predicted molar refractivity (Wildman–Crippen MR) is 75.2 cm³/mol. The van der Waals surface area contributed by atoms with Gasteiger partial charge in [0.2, 0.25) is 0 Å². The third kappa shape index (κ3) is 3.37. The van der Waals surface area contributed by atoms with Crippen LogP contribution in [-0.2, 0) is 0 Å². The Kier molecular flexibility index (Phi) is 5.18. The van der Waals surface area contributed by atoms with Crippen LogP contribution in [0.25, 0.3) is 11.4 Å². The van der Waals surface area contributed by atoms with Crippen LogP contribution in [0, 0.1) is 13.8 Å². The van der Waals surface area contributed by atoms with E-state index >= 15 is 0 Å². The molecular weight excluding hydrogens is 240 g/mol. The molecule has 0 saturated heterocycles. The molecule has 0 atom stereocenters. The van der Waals surface area contributed by atoms with Crippen LogP contribution in [-0.4, -0.2) is 21.0 Å². The molecule has 4 nitrogen and oxygen atoms in total. The summed E-state index contributed by atoms with van der Waals surface area (Å²) in [5.41, 5.74) is 2.18. The zero-order valence-corrected chi connectivity index (χ0v) is 11.6. The van der Waals surface area contributed by atoms with Crippen LogP contribution in [0.2, 0.25) is 0 Å². The third-order valence-electron chi connectivity index (χ3n) is 2.62. The number of rotatable bonds is 2. The van der Waals surface area contributed by atoms with Gasteiger partial charge in [-0.1, -0.05) is 44.2 Å². The Morgan fingerprint density at radius 2 is 1.63 bits per heavy atom. The van der Waals surface area contributed by atoms with Crippen molar-refractivity contribution in [3.05, 3.63) is 47.3 Å². The van der Waals surface area contributed by atoms with Gasteiger partial charge in [0.1, 0.15) is 0 Å². The predicted octanol–water partition coefficient (Wildman–Crippen LogP) is 3.48. The number of carbonyl (C=O) groups is 1. The molecule has 2 aromatic rings. The number of aromatic carboxylic acids is 1. The average molecular weight is 258 g/mol. The van der Waals surface area contributed by atoms with E-state index in [0.29, 0.717) is 17.1 Å². The lowest BCUT2D eigenvalue weighted by Crippen LogP contribution is -2.08. The summed E-state index contributed by atoms with van der Waals surface area (Å²) in [5, 5.41) is 9.07. The monoisotopic (exact) mass is 258 g/mol. The Labute approximate surface area is 113 Å². The lowest BCUT2D eigenvalue weighted by atomic mass is 10.1. The molecular formula is C15H18N2O2. The average Bonchev–Trinajstić information content (AvgIpc) is 2.44. The smallest absolute Gasteiger partial charge is 0.354 e. The van der Waals surface area contributed by atoms with Crippen LogP contribution in [0.15, 0.2) is 30.3 Å². The van der Waals surface area contributed by atoms with E-state index in [2.05, 4.69) is 9.97 Å². The van der Waals surface area contributed by atoms with Crippen molar-refractivity contribution in [3.8, 4) is 11.4 Å². The second-order valence-corrected chi connectivity index (χ2v) is 3.78. The molecule has 1 N–H and O–H groups in total. The summed E-state index contributed by atoms with van der Waals surface area (Å²) in [6, 6.07) is 9.34. The van der Waals surface area contributed by atoms with Gasteiger partial charge in [-0.05, 0) is 13.8 Å². The molecule has 0 amide bonds. The maximum absolute atomic E-state index is 11.1. The standard InChI is InChI=1S/C13H12N2O2.C2H6/c1-8-9(2)14-12(15-11(8)13(16)17)10-6-4-3-5-7-10;1-2/h3-7H,1-2H3,(H,16,17);1-2H3. The molecule has 0 unspecified atom stereocenters. The van der Waals surface area contributed by atoms with Gasteiger partial charge in [-0.3, -0.25) is 0 Å². The number of aryl methyl sites for hydroxylation is 1. The first-order chi connectivity index (χ1) is 9.09. The zero-order chi connectivity index (χ0) is 14.4. The summed E-state index contributed by atoms with van der Waals surface area (Å²) in [6.07, 6.45) is 0. The van der Waals surface area contributed by atoms with Gasteiger partial charge in [-0.25, -0.2) is 14.8 Å². The molecule has 0 aliphatic carbocycles. The van der Waals surface area contributed by atoms with Crippen LogP contribution in [0.1, 0.15) is 35.6 Å². The molecule has 0 bridgehead atoms. The fourth-order valence-corrected chi connectivity index (χ4v) is 1.55. The number of carboxylic acids is 1. The van der Waals surface area contributed by atoms with Crippen molar-refractivity contribution in [1.82, 2.24) is 9.97 Å². The van der Waals surface area contributed by atoms with Gasteiger partial charge < -0.3 is 5.11 Å². The molecule has 0 aliphatic rings. The quantitative estimate of drug-likeness (QED) is 0.895. The maximum atomic E-state index is 11.1. The summed E-state index contributed by atoms with van der Waals surface area (Å²) in [6.45, 7) is 7.50. The van der Waals surface area contributed by atoms with Crippen LogP contribution >= 0.6 is 0 Å². The van der Waals surface area contributed by atoms with Crippen LogP contribution in [0.3, 0.4) is 0 Å². The Balaban J connectivity index is 0.000000861. The summed E-state index contributed by atoms with van der Waals surface area (Å²) in [4.78, 5) is 19.5. The van der Waals surface area contributed by atoms with Crippen LogP contribution in [0.5, 0.6) is 0 Å². The van der Waals surface area contributed by atoms with Crippen molar-refractivity contribution in [2.24, 2.45) is 0 Å². The molecule has 1 aromatic heterocycles. The van der Waals surface area contributed by atoms with Crippen LogP contribution < -0.4 is 0 Å². The van der Waals surface area contributed by atoms with E-state index in [0.717, 1.165) is 5.56 Å². The van der Waals surface area contributed by atoms with Gasteiger partial charge in [0.15, 0.2) is 11.5 Å². The first-order valence-electron chi connectivity index (χ1n) is 6.23. The molecule has 0 saturated carbocycles. The molecule has 1 aromatic carbocycles. The minimum absolute atomic E-state index is 0.0661. The van der Waals surface area contributed by atoms with E-state index in [9.17, 15) is 4.79 Å². The van der Waals surface area contributed by atoms with Gasteiger partial charge >= 0.3 is 5.97 Å². The third-order valence-corrected chi connectivity index (χ3v) is 2.62. The van der Waals surface area contributed by atoms with E-state index in [1.807, 2.05) is 44.2 Å². The molecule has 0 spiro atoms. The van der Waals surface area contributed by atoms with Crippen molar-refractivity contribution in [2.45, 2.75) is 27.7 Å². The SMILES string of the molecule is CC.Cc1nc(-c2ccccc2)nc(C(=O)O)c1C. The Morgan fingerprint density at radius 3 is 2.16 bits per heavy atom. The fraction of sp³-hybridized carbons (Fsp3) is 0.267. The Morgan fingerprint density at radius 1 is 1.05 bits per heavy atom. The highest BCUT2D eigenvalue weighted by Crippen LogP contribution is 2.18. The second kappa shape index (κ2) is 6.64. The van der Waals surface area contributed by atoms with Crippen molar-refractivity contribution in [1.29, 1.82) is 0 Å². The molecule has 19 heavy (non-hydrogen) atoms. The Hall–Kier alpha value is -2.23. The highest BCUT2D eigenvalue weighted by molar-refractivity contribution is 5.87. The zero-order valence-electron chi connectivity index (χ0n) is 11.6. The number of carboxylic acid groups (broad SMARTS) is 1. The maximum Gasteiger partial charge on any atom is 0.354 e. The lowest BCUT2D eigenvalue weighted by molar-refractivity contribution is 0.0689. The second-order valence-electron chi connectivity index (χ2n) is 3.78. The summed E-state index contributed by atoms with van der Waals surface area (Å²) < 4.78 is 0. The van der Waals surface area contributed by atoms with Crippen LogP contribution in [0.4, 0.5) is 0 Å². The molecule has 100 valence electrons. The first kappa shape index (κ1) is 14.8. The summed E-state index contributed by atoms with van der Waals surface area (Å²) in [5.74, 6) is -0.573. The highest BCUT2D eigenvalue weighted by atomic mass is 16.4. The Bertz CT molecular complexity index is 566. The number of aromatic nitrogens is 2. The largest absolute Gasteiger partial charge is 0.477 e. The van der Waals surface area contributed by atoms with Gasteiger partial charge in [0.25, 0.3) is 0 Å². The normalized spacial score (nSPS) is 9.47. The van der Waals surface area contributed by atoms with Gasteiger partial charge in [-0.2, -0.15) is 0 Å². The number of benzene rings is 1. The molecule has 0 fully saturated rings. The molecule has 0 aliphatic heterocycles. The summed E-state index contributed by atoms with van der Waals surface area (Å²) >= 11 is 0. The minimum atomic E-state index is -1.02. The molecule has 1 heterocycles. The van der Waals surface area contributed by atoms with E-state index in [4.69, 9.17) is 5.11 Å². The van der Waals surface area contributed by atoms with Gasteiger partial charge in [-0.15, -0.1) is 0 Å². The van der Waals surface area contributed by atoms with Crippen molar-refractivity contribution in [3.63, 3.8) is 0 Å². The molecule has 2 rings (SSSR count). The van der Waals surface area contributed by atoms with E-state index in [1.54, 1.807) is 13.8 Å². The fourth-order valence-electron chi connectivity index (χ4n) is 1.55. The van der Waals surface area contributed by atoms with E-state index < -0.39 is 5.97 Å².